The van der Waals surface area contributed by atoms with Crippen molar-refractivity contribution in [1.29, 1.82) is 0 Å². The van der Waals surface area contributed by atoms with Crippen LogP contribution in [0.2, 0.25) is 5.02 Å². The van der Waals surface area contributed by atoms with Crippen LogP contribution in [-0.2, 0) is 14.3 Å². The summed E-state index contributed by atoms with van der Waals surface area (Å²) < 4.78 is 16.6. The van der Waals surface area contributed by atoms with Gasteiger partial charge in [-0.1, -0.05) is 11.6 Å². The Labute approximate surface area is 183 Å². The number of carbonyl (C=O) groups excluding carboxylic acids is 2. The number of benzene rings is 1. The lowest BCUT2D eigenvalue weighted by molar-refractivity contribution is -0.162. The largest absolute Gasteiger partial charge is 0.495 e. The summed E-state index contributed by atoms with van der Waals surface area (Å²) in [4.78, 5) is 27.4. The number of hydrogen-bond acceptors (Lipinski definition) is 5. The summed E-state index contributed by atoms with van der Waals surface area (Å²) in [6.07, 6.45) is 5.03. The van der Waals surface area contributed by atoms with Crippen LogP contribution < -0.4 is 10.1 Å². The third-order valence-electron chi connectivity index (χ3n) is 6.01. The third-order valence-corrected chi connectivity index (χ3v) is 6.25. The van der Waals surface area contributed by atoms with Crippen molar-refractivity contribution in [2.24, 2.45) is 5.41 Å². The molecule has 2 saturated heterocycles. The van der Waals surface area contributed by atoms with Gasteiger partial charge in [0, 0.05) is 24.7 Å². The minimum atomic E-state index is -0.595. The maximum Gasteiger partial charge on any atom is 0.321 e. The molecule has 1 aromatic carbocycles. The zero-order chi connectivity index (χ0) is 21.6. The van der Waals surface area contributed by atoms with Gasteiger partial charge in [0.05, 0.1) is 30.9 Å². The van der Waals surface area contributed by atoms with E-state index >= 15 is 0 Å². The molecule has 2 aliphatic rings. The lowest BCUT2D eigenvalue weighted by Gasteiger charge is -2.42. The predicted octanol–water partition coefficient (Wildman–Crippen LogP) is 4.49. The second-order valence-electron chi connectivity index (χ2n) is 7.96. The number of halogens is 1. The van der Waals surface area contributed by atoms with Crippen LogP contribution >= 0.6 is 11.6 Å². The maximum atomic E-state index is 12.9. The van der Waals surface area contributed by atoms with Crippen molar-refractivity contribution in [1.82, 2.24) is 4.90 Å². The molecule has 0 spiro atoms. The van der Waals surface area contributed by atoms with Crippen molar-refractivity contribution >= 4 is 29.3 Å². The predicted molar refractivity (Wildman–Crippen MR) is 115 cm³/mol. The van der Waals surface area contributed by atoms with Gasteiger partial charge in [-0.05, 0) is 63.6 Å². The van der Waals surface area contributed by atoms with Gasteiger partial charge in [-0.2, -0.15) is 0 Å². The summed E-state index contributed by atoms with van der Waals surface area (Å²) in [6.45, 7) is 3.87. The maximum absolute atomic E-state index is 12.9. The van der Waals surface area contributed by atoms with E-state index in [0.29, 0.717) is 55.4 Å². The molecule has 2 heterocycles. The molecule has 0 bridgehead atoms. The molecule has 0 radical (unpaired) electrons. The normalized spacial score (nSPS) is 21.0. The van der Waals surface area contributed by atoms with Gasteiger partial charge in [0.2, 0.25) is 0 Å². The van der Waals surface area contributed by atoms with E-state index in [9.17, 15) is 9.59 Å². The molecule has 0 unspecified atom stereocenters. The van der Waals surface area contributed by atoms with Crippen molar-refractivity contribution in [3.8, 4) is 5.75 Å². The fourth-order valence-electron chi connectivity index (χ4n) is 4.29. The van der Waals surface area contributed by atoms with Gasteiger partial charge in [0.1, 0.15) is 5.75 Å². The Morgan fingerprint density at radius 3 is 2.70 bits per heavy atom. The average Bonchev–Trinajstić information content (AvgIpc) is 2.75. The lowest BCUT2D eigenvalue weighted by atomic mass is 9.73. The van der Waals surface area contributed by atoms with Gasteiger partial charge < -0.3 is 24.4 Å². The van der Waals surface area contributed by atoms with Crippen LogP contribution in [0.3, 0.4) is 0 Å². The van der Waals surface area contributed by atoms with E-state index in [1.54, 1.807) is 30.2 Å². The van der Waals surface area contributed by atoms with Crippen molar-refractivity contribution < 1.29 is 23.8 Å². The van der Waals surface area contributed by atoms with Gasteiger partial charge in [0.25, 0.3) is 0 Å². The molecule has 2 fully saturated rings. The van der Waals surface area contributed by atoms with E-state index in [0.717, 1.165) is 25.9 Å². The van der Waals surface area contributed by atoms with Gasteiger partial charge >= 0.3 is 12.0 Å². The quantitative estimate of drug-likeness (QED) is 0.662. The Morgan fingerprint density at radius 2 is 2.07 bits per heavy atom. The van der Waals surface area contributed by atoms with Crippen LogP contribution in [0.4, 0.5) is 10.5 Å². The molecular formula is C22H31ClN2O5. The molecule has 1 aromatic rings. The van der Waals surface area contributed by atoms with Crippen molar-refractivity contribution in [3.63, 3.8) is 0 Å². The molecule has 166 valence electrons. The number of amides is 2. The molecule has 0 aliphatic carbocycles. The summed E-state index contributed by atoms with van der Waals surface area (Å²) in [5, 5.41) is 3.38. The molecule has 0 aromatic heterocycles. The smallest absolute Gasteiger partial charge is 0.321 e. The number of methoxy groups -OCH3 is 1. The molecule has 2 aliphatic heterocycles. The molecule has 3 rings (SSSR count). The van der Waals surface area contributed by atoms with Crippen LogP contribution in [-0.4, -0.2) is 56.4 Å². The number of rotatable bonds is 6. The Balaban J connectivity index is 1.65. The topological polar surface area (TPSA) is 77.1 Å². The van der Waals surface area contributed by atoms with Crippen LogP contribution in [0.25, 0.3) is 0 Å². The Morgan fingerprint density at radius 1 is 1.30 bits per heavy atom. The molecule has 30 heavy (non-hydrogen) atoms. The number of ether oxygens (including phenoxy) is 3. The summed E-state index contributed by atoms with van der Waals surface area (Å²) >= 11 is 6.05. The minimum Gasteiger partial charge on any atom is -0.495 e. The van der Waals surface area contributed by atoms with Gasteiger partial charge in [-0.25, -0.2) is 4.79 Å². The van der Waals surface area contributed by atoms with Crippen molar-refractivity contribution in [2.75, 3.05) is 38.7 Å². The first-order valence-corrected chi connectivity index (χ1v) is 11.0. The molecule has 7 nitrogen and oxygen atoms in total. The van der Waals surface area contributed by atoms with Gasteiger partial charge in [0.15, 0.2) is 0 Å². The van der Waals surface area contributed by atoms with Crippen molar-refractivity contribution in [2.45, 2.75) is 51.6 Å². The first-order valence-electron chi connectivity index (χ1n) is 10.7. The second kappa shape index (κ2) is 10.4. The summed E-state index contributed by atoms with van der Waals surface area (Å²) in [6, 6.07) is 4.84. The molecule has 0 saturated carbocycles. The summed E-state index contributed by atoms with van der Waals surface area (Å²) in [5.74, 6) is 0.371. The molecule has 1 N–H and O–H groups in total. The minimum absolute atomic E-state index is 0.0826. The molecule has 1 atom stereocenters. The number of piperidine rings is 1. The number of likely N-dealkylation sites (tertiary alicyclic amines) is 1. The van der Waals surface area contributed by atoms with E-state index in [1.165, 1.54) is 0 Å². The van der Waals surface area contributed by atoms with E-state index in [1.807, 2.05) is 6.92 Å². The molecule has 8 heteroatoms. The Bertz CT molecular complexity index is 743. The van der Waals surface area contributed by atoms with Gasteiger partial charge in [-0.3, -0.25) is 4.79 Å². The monoisotopic (exact) mass is 438 g/mol. The Hall–Kier alpha value is -1.99. The highest BCUT2D eigenvalue weighted by Crippen LogP contribution is 2.40. The lowest BCUT2D eigenvalue weighted by Crippen LogP contribution is -2.49. The number of carbonyl (C=O) groups is 2. The number of urea groups is 1. The van der Waals surface area contributed by atoms with E-state index < -0.39 is 5.41 Å². The van der Waals surface area contributed by atoms with E-state index in [4.69, 9.17) is 25.8 Å². The third kappa shape index (κ3) is 5.38. The highest BCUT2D eigenvalue weighted by molar-refractivity contribution is 6.31. The van der Waals surface area contributed by atoms with Crippen molar-refractivity contribution in [3.05, 3.63) is 23.2 Å². The first kappa shape index (κ1) is 22.7. The van der Waals surface area contributed by atoms with Gasteiger partial charge in [-0.15, -0.1) is 0 Å². The fraction of sp³-hybridized carbons (Fsp3) is 0.636. The van der Waals surface area contributed by atoms with E-state index in [2.05, 4.69) is 5.32 Å². The fourth-order valence-corrected chi connectivity index (χ4v) is 4.46. The van der Waals surface area contributed by atoms with Crippen LogP contribution in [0.15, 0.2) is 18.2 Å². The standard InChI is InChI=1S/C22H31ClN2O5/c1-3-29-20(26)22(15-17-6-4-5-13-30-17)9-11-25(12-10-22)21(27)24-18-14-16(23)7-8-19(18)28-2/h7-8,14,17H,3-6,9-13,15H2,1-2H3,(H,24,27)/t17-/m0/s1. The summed E-state index contributed by atoms with van der Waals surface area (Å²) in [5.41, 5.74) is -0.0736. The number of nitrogens with one attached hydrogen (secondary N) is 1. The first-order chi connectivity index (χ1) is 14.5. The van der Waals surface area contributed by atoms with Crippen LogP contribution in [0, 0.1) is 5.41 Å². The zero-order valence-corrected chi connectivity index (χ0v) is 18.5. The number of nitrogens with zero attached hydrogens (tertiary/aromatic N) is 1. The number of esters is 1. The molecular weight excluding hydrogens is 408 g/mol. The Kier molecular flexibility index (Phi) is 7.83. The average molecular weight is 439 g/mol. The highest BCUT2D eigenvalue weighted by atomic mass is 35.5. The SMILES string of the molecule is CCOC(=O)C1(C[C@@H]2CCCCO2)CCN(C(=O)Nc2cc(Cl)ccc2OC)CC1. The van der Waals surface area contributed by atoms with E-state index in [-0.39, 0.29) is 18.1 Å². The second-order valence-corrected chi connectivity index (χ2v) is 8.39. The number of hydrogen-bond donors (Lipinski definition) is 1. The highest BCUT2D eigenvalue weighted by Gasteiger charge is 2.45. The zero-order valence-electron chi connectivity index (χ0n) is 17.7. The van der Waals surface area contributed by atoms with Crippen LogP contribution in [0.1, 0.15) is 45.4 Å². The van der Waals surface area contributed by atoms with Crippen LogP contribution in [0.5, 0.6) is 5.75 Å². The summed E-state index contributed by atoms with van der Waals surface area (Å²) in [7, 11) is 1.54. The molecule has 2 amide bonds. The number of anilines is 1.